The topological polar surface area (TPSA) is 18.5 Å². The van der Waals surface area contributed by atoms with Gasteiger partial charge in [-0.05, 0) is 0 Å². The molecule has 1 aliphatic heterocycles. The van der Waals surface area contributed by atoms with E-state index in [0.717, 1.165) is 13.0 Å². The molecule has 0 aromatic carbocycles. The Labute approximate surface area is 91.5 Å². The second-order valence-electron chi connectivity index (χ2n) is 4.96. The zero-order chi connectivity index (χ0) is 10.6. The molecule has 2 nitrogen and oxygen atoms in total. The van der Waals surface area contributed by atoms with Gasteiger partial charge in [0.25, 0.3) is 0 Å². The first-order valence-electron chi connectivity index (χ1n) is 5.41. The molecule has 1 saturated heterocycles. The van der Waals surface area contributed by atoms with Crippen molar-refractivity contribution in [1.29, 1.82) is 0 Å². The van der Waals surface area contributed by atoms with E-state index < -0.39 is 18.4 Å². The van der Waals surface area contributed by atoms with Crippen LogP contribution >= 0.6 is 0 Å². The number of ether oxygens (including phenoxy) is 2. The van der Waals surface area contributed by atoms with Gasteiger partial charge in [-0.3, -0.25) is 0 Å². The summed E-state index contributed by atoms with van der Waals surface area (Å²) in [6.45, 7) is 5.69. The van der Waals surface area contributed by atoms with Crippen LogP contribution in [0.5, 0.6) is 0 Å². The van der Waals surface area contributed by atoms with Gasteiger partial charge in [-0.1, -0.05) is 0 Å². The summed E-state index contributed by atoms with van der Waals surface area (Å²) in [4.78, 5) is 7.09. The van der Waals surface area contributed by atoms with Crippen LogP contribution in [0.4, 0.5) is 0 Å². The van der Waals surface area contributed by atoms with Crippen LogP contribution in [0.25, 0.3) is 0 Å². The molecular formula is C11H22O2Sn. The average Bonchev–Trinajstić information content (AvgIpc) is 2.14. The Morgan fingerprint density at radius 2 is 2.14 bits per heavy atom. The molecule has 0 radical (unpaired) electrons. The summed E-state index contributed by atoms with van der Waals surface area (Å²) in [5.74, 6) is 0. The predicted molar refractivity (Wildman–Crippen MR) is 62.0 cm³/mol. The molecule has 0 aromatic rings. The molecule has 0 spiro atoms. The van der Waals surface area contributed by atoms with E-state index in [-0.39, 0.29) is 6.29 Å². The van der Waals surface area contributed by atoms with E-state index in [4.69, 9.17) is 9.47 Å². The first-order valence-corrected chi connectivity index (χ1v) is 15.4. The van der Waals surface area contributed by atoms with Gasteiger partial charge in [-0.2, -0.15) is 0 Å². The van der Waals surface area contributed by atoms with Crippen molar-refractivity contribution in [2.45, 2.75) is 40.4 Å². The molecule has 0 saturated carbocycles. The molecule has 82 valence electrons. The van der Waals surface area contributed by atoms with E-state index >= 15 is 0 Å². The van der Waals surface area contributed by atoms with Crippen molar-refractivity contribution in [3.63, 3.8) is 0 Å². The quantitative estimate of drug-likeness (QED) is 0.744. The molecule has 0 amide bonds. The third-order valence-corrected chi connectivity index (χ3v) is 9.11. The summed E-state index contributed by atoms with van der Waals surface area (Å²) in [6, 6.07) is 0. The van der Waals surface area contributed by atoms with Crippen LogP contribution in [0, 0.1) is 0 Å². The molecule has 0 N–H and O–H groups in total. The monoisotopic (exact) mass is 306 g/mol. The summed E-state index contributed by atoms with van der Waals surface area (Å²) in [5, 5.41) is 0. The first-order chi connectivity index (χ1) is 6.50. The van der Waals surface area contributed by atoms with Gasteiger partial charge in [0.15, 0.2) is 0 Å². The van der Waals surface area contributed by atoms with E-state index in [9.17, 15) is 0 Å². The fourth-order valence-electron chi connectivity index (χ4n) is 1.25. The van der Waals surface area contributed by atoms with Crippen LogP contribution in [0.3, 0.4) is 0 Å². The maximum atomic E-state index is 5.70. The summed E-state index contributed by atoms with van der Waals surface area (Å²) >= 11 is -1.91. The second kappa shape index (κ2) is 5.52. The summed E-state index contributed by atoms with van der Waals surface area (Å²) in [6.07, 6.45) is 3.50. The first kappa shape index (κ1) is 12.5. The van der Waals surface area contributed by atoms with Crippen molar-refractivity contribution >= 4 is 18.4 Å². The van der Waals surface area contributed by atoms with E-state index in [0.29, 0.717) is 6.61 Å². The molecule has 14 heavy (non-hydrogen) atoms. The van der Waals surface area contributed by atoms with Gasteiger partial charge in [0.1, 0.15) is 0 Å². The molecular weight excluding hydrogens is 283 g/mol. The standard InChI is InChI=1S/C8H13O2.3CH3.Sn/c1-2-6-9-8-5-3-4-7-10-8;;;;/h8H,1,3-7H2;3*1H3;. The Morgan fingerprint density at radius 1 is 1.43 bits per heavy atom. The minimum absolute atomic E-state index is 0.0362. The Hall–Kier alpha value is 0.459. The molecule has 1 unspecified atom stereocenters. The summed E-state index contributed by atoms with van der Waals surface area (Å²) < 4.78 is 12.5. The van der Waals surface area contributed by atoms with Crippen molar-refractivity contribution in [3.05, 3.63) is 10.2 Å². The van der Waals surface area contributed by atoms with Gasteiger partial charge < -0.3 is 0 Å². The molecule has 1 rings (SSSR count). The van der Waals surface area contributed by atoms with Crippen molar-refractivity contribution in [2.24, 2.45) is 0 Å². The summed E-state index contributed by atoms with van der Waals surface area (Å²) in [5.41, 5.74) is 0. The van der Waals surface area contributed by atoms with Crippen LogP contribution < -0.4 is 0 Å². The fraction of sp³-hybridized carbons (Fsp3) is 0.818. The molecule has 0 bridgehead atoms. The number of hydrogen-bond acceptors (Lipinski definition) is 2. The fourth-order valence-corrected chi connectivity index (χ4v) is 2.73. The van der Waals surface area contributed by atoms with Crippen molar-refractivity contribution in [1.82, 2.24) is 0 Å². The van der Waals surface area contributed by atoms with Crippen molar-refractivity contribution in [2.75, 3.05) is 13.2 Å². The normalized spacial score (nSPS) is 23.5. The van der Waals surface area contributed by atoms with E-state index in [1.54, 1.807) is 0 Å². The van der Waals surface area contributed by atoms with Gasteiger partial charge in [0, 0.05) is 0 Å². The molecule has 1 aliphatic rings. The van der Waals surface area contributed by atoms with E-state index in [2.05, 4.69) is 21.4 Å². The summed E-state index contributed by atoms with van der Waals surface area (Å²) in [7, 11) is 0. The molecule has 1 fully saturated rings. The Bertz CT molecular complexity index is 190. The van der Waals surface area contributed by atoms with Crippen molar-refractivity contribution in [3.8, 4) is 0 Å². The van der Waals surface area contributed by atoms with Crippen LogP contribution in [0.15, 0.2) is 10.2 Å². The van der Waals surface area contributed by atoms with Crippen LogP contribution in [-0.2, 0) is 9.47 Å². The molecule has 1 heterocycles. The third-order valence-electron chi connectivity index (χ3n) is 2.64. The van der Waals surface area contributed by atoms with E-state index in [1.165, 1.54) is 16.4 Å². The van der Waals surface area contributed by atoms with Gasteiger partial charge in [-0.15, -0.1) is 0 Å². The second-order valence-corrected chi connectivity index (χ2v) is 19.8. The Morgan fingerprint density at radius 3 is 2.64 bits per heavy atom. The van der Waals surface area contributed by atoms with Gasteiger partial charge >= 0.3 is 91.6 Å². The Kier molecular flexibility index (Phi) is 4.94. The van der Waals surface area contributed by atoms with Gasteiger partial charge in [0.05, 0.1) is 0 Å². The zero-order valence-corrected chi connectivity index (χ0v) is 12.5. The maximum absolute atomic E-state index is 5.70. The molecule has 0 aliphatic carbocycles. The van der Waals surface area contributed by atoms with E-state index in [1.807, 2.05) is 0 Å². The van der Waals surface area contributed by atoms with Gasteiger partial charge in [0.2, 0.25) is 0 Å². The molecule has 1 atom stereocenters. The minimum atomic E-state index is -1.91. The van der Waals surface area contributed by atoms with Crippen LogP contribution in [0.1, 0.15) is 19.3 Å². The van der Waals surface area contributed by atoms with Gasteiger partial charge in [-0.25, -0.2) is 0 Å². The SMILES string of the molecule is C=[C](COC1CCCCO1)[Sn]([CH3])([CH3])[CH3]. The third kappa shape index (κ3) is 4.32. The Balaban J connectivity index is 2.22. The van der Waals surface area contributed by atoms with Crippen LogP contribution in [0.2, 0.25) is 14.8 Å². The van der Waals surface area contributed by atoms with Crippen LogP contribution in [-0.4, -0.2) is 37.9 Å². The average molecular weight is 305 g/mol. The molecule has 0 aromatic heterocycles. The zero-order valence-electron chi connectivity index (χ0n) is 9.64. The number of hydrogen-bond donors (Lipinski definition) is 0. The van der Waals surface area contributed by atoms with Crippen molar-refractivity contribution < 1.29 is 9.47 Å². The molecule has 3 heteroatoms. The predicted octanol–water partition coefficient (Wildman–Crippen LogP) is 2.96. The number of rotatable bonds is 4.